The summed E-state index contributed by atoms with van der Waals surface area (Å²) in [6.07, 6.45) is 11.2. The molecular formula is C24H38N4O4. The molecule has 2 aliphatic heterocycles. The van der Waals surface area contributed by atoms with Gasteiger partial charge in [-0.05, 0) is 71.4 Å². The predicted molar refractivity (Wildman–Crippen MR) is 123 cm³/mol. The highest BCUT2D eigenvalue weighted by Crippen LogP contribution is 2.35. The number of nitrogens with two attached hydrogens (primary N) is 1. The highest BCUT2D eigenvalue weighted by molar-refractivity contribution is 5.89. The van der Waals surface area contributed by atoms with Gasteiger partial charge in [0.25, 0.3) is 0 Å². The van der Waals surface area contributed by atoms with Crippen molar-refractivity contribution in [1.29, 1.82) is 0 Å². The lowest BCUT2D eigenvalue weighted by Crippen LogP contribution is -2.48. The quantitative estimate of drug-likeness (QED) is 0.651. The van der Waals surface area contributed by atoms with Gasteiger partial charge >= 0.3 is 6.09 Å². The van der Waals surface area contributed by atoms with Crippen molar-refractivity contribution in [2.45, 2.75) is 64.5 Å². The van der Waals surface area contributed by atoms with Gasteiger partial charge < -0.3 is 20.7 Å². The minimum Gasteiger partial charge on any atom is -0.444 e. The first-order valence-corrected chi connectivity index (χ1v) is 11.8. The number of ether oxygens (including phenoxy) is 1. The molecule has 32 heavy (non-hydrogen) atoms. The Balaban J connectivity index is 1.55. The van der Waals surface area contributed by atoms with Crippen molar-refractivity contribution in [1.82, 2.24) is 15.1 Å². The van der Waals surface area contributed by atoms with Crippen LogP contribution in [0.2, 0.25) is 0 Å². The number of carbonyl (C=O) groups is 3. The summed E-state index contributed by atoms with van der Waals surface area (Å²) >= 11 is 0. The SMILES string of the molecule is CC(C)(C)OC(=O)NCC(=O)N1C[C@H](C2C=CC=C(CN3CCCCC3)C2)C[C@H]1C(N)=O. The second-order valence-electron chi connectivity index (χ2n) is 10.2. The van der Waals surface area contributed by atoms with E-state index < -0.39 is 23.6 Å². The summed E-state index contributed by atoms with van der Waals surface area (Å²) in [5, 5.41) is 2.49. The van der Waals surface area contributed by atoms with Gasteiger partial charge in [-0.15, -0.1) is 0 Å². The highest BCUT2D eigenvalue weighted by Gasteiger charge is 2.41. The van der Waals surface area contributed by atoms with Crippen LogP contribution < -0.4 is 11.1 Å². The molecule has 2 heterocycles. The van der Waals surface area contributed by atoms with Gasteiger partial charge in [-0.2, -0.15) is 0 Å². The molecule has 0 radical (unpaired) electrons. The average Bonchev–Trinajstić information content (AvgIpc) is 3.18. The minimum atomic E-state index is -0.653. The maximum Gasteiger partial charge on any atom is 0.408 e. The third-order valence-corrected chi connectivity index (χ3v) is 6.43. The van der Waals surface area contributed by atoms with Gasteiger partial charge in [0.2, 0.25) is 11.8 Å². The van der Waals surface area contributed by atoms with E-state index in [1.54, 1.807) is 20.8 Å². The van der Waals surface area contributed by atoms with E-state index >= 15 is 0 Å². The number of nitrogens with zero attached hydrogens (tertiary/aromatic N) is 2. The van der Waals surface area contributed by atoms with Crippen LogP contribution in [0.3, 0.4) is 0 Å². The van der Waals surface area contributed by atoms with Gasteiger partial charge in [0.15, 0.2) is 0 Å². The van der Waals surface area contributed by atoms with Gasteiger partial charge in [0.05, 0.1) is 0 Å². The van der Waals surface area contributed by atoms with Crippen LogP contribution in [0.15, 0.2) is 23.8 Å². The zero-order chi connectivity index (χ0) is 23.3. The molecule has 1 unspecified atom stereocenters. The second kappa shape index (κ2) is 10.5. The van der Waals surface area contributed by atoms with E-state index in [9.17, 15) is 14.4 Å². The van der Waals surface area contributed by atoms with Crippen molar-refractivity contribution in [2.24, 2.45) is 17.6 Å². The van der Waals surface area contributed by atoms with Gasteiger partial charge in [-0.1, -0.05) is 30.2 Å². The number of hydrogen-bond acceptors (Lipinski definition) is 5. The molecule has 0 aromatic heterocycles. The Kier molecular flexibility index (Phi) is 7.98. The smallest absolute Gasteiger partial charge is 0.408 e. The van der Waals surface area contributed by atoms with Crippen LogP contribution in [0.4, 0.5) is 4.79 Å². The lowest BCUT2D eigenvalue weighted by atomic mass is 9.82. The van der Waals surface area contributed by atoms with Crippen molar-refractivity contribution < 1.29 is 19.1 Å². The number of likely N-dealkylation sites (tertiary alicyclic amines) is 2. The molecule has 2 saturated heterocycles. The lowest BCUT2D eigenvalue weighted by Gasteiger charge is -2.30. The summed E-state index contributed by atoms with van der Waals surface area (Å²) in [6.45, 7) is 8.84. The fourth-order valence-corrected chi connectivity index (χ4v) is 4.91. The van der Waals surface area contributed by atoms with Crippen molar-refractivity contribution in [3.05, 3.63) is 23.8 Å². The number of rotatable bonds is 6. The monoisotopic (exact) mass is 446 g/mol. The van der Waals surface area contributed by atoms with Crippen LogP contribution in [-0.2, 0) is 14.3 Å². The molecule has 3 aliphatic rings. The fourth-order valence-electron chi connectivity index (χ4n) is 4.91. The summed E-state index contributed by atoms with van der Waals surface area (Å²) in [5.41, 5.74) is 6.39. The van der Waals surface area contributed by atoms with Crippen LogP contribution in [0, 0.1) is 11.8 Å². The van der Waals surface area contributed by atoms with E-state index in [1.807, 2.05) is 0 Å². The molecule has 0 spiro atoms. The lowest BCUT2D eigenvalue weighted by molar-refractivity contribution is -0.136. The summed E-state index contributed by atoms with van der Waals surface area (Å²) in [7, 11) is 0. The standard InChI is InChI=1S/C24H38N4O4/c1-24(2,3)32-23(31)26-14-21(29)28-16-19(13-20(28)22(25)30)18-9-7-8-17(12-18)15-27-10-5-4-6-11-27/h7-9,18-20H,4-6,10-16H2,1-3H3,(H2,25,30)(H,26,31)/t18?,19-,20+/m1/s1. The van der Waals surface area contributed by atoms with Crippen LogP contribution >= 0.6 is 0 Å². The summed E-state index contributed by atoms with van der Waals surface area (Å²) < 4.78 is 5.18. The highest BCUT2D eigenvalue weighted by atomic mass is 16.6. The van der Waals surface area contributed by atoms with Crippen molar-refractivity contribution in [2.75, 3.05) is 32.7 Å². The third kappa shape index (κ3) is 6.82. The normalized spacial score (nSPS) is 26.5. The zero-order valence-corrected chi connectivity index (χ0v) is 19.6. The van der Waals surface area contributed by atoms with Crippen LogP contribution in [0.25, 0.3) is 0 Å². The Hall–Kier alpha value is -2.35. The molecule has 2 fully saturated rings. The molecule has 0 saturated carbocycles. The van der Waals surface area contributed by atoms with E-state index in [0.29, 0.717) is 13.0 Å². The fraction of sp³-hybridized carbons (Fsp3) is 0.708. The summed E-state index contributed by atoms with van der Waals surface area (Å²) in [5.74, 6) is -0.370. The number of allylic oxidation sites excluding steroid dienone is 3. The van der Waals surface area contributed by atoms with E-state index in [1.165, 1.54) is 29.7 Å². The number of piperidine rings is 1. The Morgan fingerprint density at radius 3 is 2.56 bits per heavy atom. The molecule has 8 heteroatoms. The maximum atomic E-state index is 12.8. The Bertz CT molecular complexity index is 764. The Labute approximate surface area is 191 Å². The summed E-state index contributed by atoms with van der Waals surface area (Å²) in [4.78, 5) is 40.8. The molecular weight excluding hydrogens is 408 g/mol. The van der Waals surface area contributed by atoms with Gasteiger partial charge in [0, 0.05) is 13.1 Å². The minimum absolute atomic E-state index is 0.166. The molecule has 3 rings (SSSR count). The molecule has 0 aromatic carbocycles. The van der Waals surface area contributed by atoms with E-state index in [-0.39, 0.29) is 24.3 Å². The molecule has 8 nitrogen and oxygen atoms in total. The summed E-state index contributed by atoms with van der Waals surface area (Å²) in [6, 6.07) is -0.641. The van der Waals surface area contributed by atoms with Crippen molar-refractivity contribution in [3.8, 4) is 0 Å². The largest absolute Gasteiger partial charge is 0.444 e. The molecule has 178 valence electrons. The van der Waals surface area contributed by atoms with Crippen LogP contribution in [0.5, 0.6) is 0 Å². The van der Waals surface area contributed by atoms with E-state index in [0.717, 1.165) is 26.1 Å². The molecule has 3 amide bonds. The maximum absolute atomic E-state index is 12.8. The number of alkyl carbamates (subject to hydrolysis) is 1. The number of nitrogens with one attached hydrogen (secondary N) is 1. The first-order valence-electron chi connectivity index (χ1n) is 11.8. The molecule has 0 aromatic rings. The number of carbonyl (C=O) groups excluding carboxylic acids is 3. The van der Waals surface area contributed by atoms with E-state index in [2.05, 4.69) is 28.4 Å². The Morgan fingerprint density at radius 2 is 1.91 bits per heavy atom. The number of primary amides is 1. The second-order valence-corrected chi connectivity index (χ2v) is 10.2. The molecule has 0 bridgehead atoms. The predicted octanol–water partition coefficient (Wildman–Crippen LogP) is 2.20. The Morgan fingerprint density at radius 1 is 1.19 bits per heavy atom. The van der Waals surface area contributed by atoms with Crippen molar-refractivity contribution >= 4 is 17.9 Å². The molecule has 3 atom stereocenters. The van der Waals surface area contributed by atoms with E-state index in [4.69, 9.17) is 10.5 Å². The topological polar surface area (TPSA) is 105 Å². The number of hydrogen-bond donors (Lipinski definition) is 2. The van der Waals surface area contributed by atoms with Gasteiger partial charge in [0.1, 0.15) is 18.2 Å². The number of amides is 3. The van der Waals surface area contributed by atoms with Gasteiger partial charge in [-0.25, -0.2) is 4.79 Å². The molecule has 3 N–H and O–H groups in total. The van der Waals surface area contributed by atoms with Crippen molar-refractivity contribution in [3.63, 3.8) is 0 Å². The zero-order valence-electron chi connectivity index (χ0n) is 19.6. The average molecular weight is 447 g/mol. The van der Waals surface area contributed by atoms with Crippen LogP contribution in [0.1, 0.15) is 52.9 Å². The van der Waals surface area contributed by atoms with Crippen LogP contribution in [-0.4, -0.2) is 72.1 Å². The van der Waals surface area contributed by atoms with Gasteiger partial charge in [-0.3, -0.25) is 14.5 Å². The third-order valence-electron chi connectivity index (χ3n) is 6.43. The first kappa shape index (κ1) is 24.3. The first-order chi connectivity index (χ1) is 15.1. The molecule has 1 aliphatic carbocycles.